The number of ether oxygens (including phenoxy) is 13. The summed E-state index contributed by atoms with van der Waals surface area (Å²) in [5.41, 5.74) is 3.13. The normalized spacial score (nSPS) is 17.6. The Labute approximate surface area is 494 Å². The predicted molar refractivity (Wildman–Crippen MR) is 308 cm³/mol. The highest BCUT2D eigenvalue weighted by molar-refractivity contribution is 7.86. The van der Waals surface area contributed by atoms with Crippen LogP contribution in [0.15, 0.2) is 94.4 Å². The molecule has 0 radical (unpaired) electrons. The van der Waals surface area contributed by atoms with Crippen molar-refractivity contribution in [2.24, 2.45) is 0 Å². The molecule has 2 heterocycles. The number of hydrogen-bond donors (Lipinski definition) is 4. The van der Waals surface area contributed by atoms with E-state index in [0.29, 0.717) is 149 Å². The van der Waals surface area contributed by atoms with E-state index >= 15 is 0 Å². The molecule has 2 unspecified atom stereocenters. The fraction of sp³-hybridized carbons (Fsp3) is 0.655. The van der Waals surface area contributed by atoms with Crippen molar-refractivity contribution >= 4 is 42.0 Å². The van der Waals surface area contributed by atoms with Crippen LogP contribution in [0.25, 0.3) is 0 Å². The number of fused-ring (bicyclic) bond motifs is 2. The predicted octanol–water partition coefficient (Wildman–Crippen LogP) is 3.67. The lowest BCUT2D eigenvalue weighted by Gasteiger charge is -2.31. The fourth-order valence-electron chi connectivity index (χ4n) is 8.77. The van der Waals surface area contributed by atoms with Crippen molar-refractivity contribution in [2.75, 3.05) is 195 Å². The van der Waals surface area contributed by atoms with Gasteiger partial charge in [-0.25, -0.2) is 0 Å². The minimum absolute atomic E-state index is 0.0146. The smallest absolute Gasteiger partial charge is 0.305 e. The van der Waals surface area contributed by atoms with Gasteiger partial charge in [-0.15, -0.1) is 0 Å². The number of aliphatic carboxylic acids is 1. The number of allylic oxidation sites excluding steroid dienone is 7. The summed E-state index contributed by atoms with van der Waals surface area (Å²) in [7, 11) is -11.6. The van der Waals surface area contributed by atoms with Crippen LogP contribution >= 0.6 is 0 Å². The van der Waals surface area contributed by atoms with Gasteiger partial charge < -0.3 is 76.5 Å². The molecule has 3 aliphatic rings. The van der Waals surface area contributed by atoms with Gasteiger partial charge in [0.25, 0.3) is 30.4 Å². The van der Waals surface area contributed by atoms with Gasteiger partial charge >= 0.3 is 5.97 Å². The average Bonchev–Trinajstić information content (AvgIpc) is 2.33. The first kappa shape index (κ1) is 72.3. The third kappa shape index (κ3) is 29.4. The Morgan fingerprint density at radius 3 is 1.62 bits per heavy atom. The zero-order valence-corrected chi connectivity index (χ0v) is 50.6. The number of nitrogens with zero attached hydrogens (tertiary/aromatic N) is 2. The van der Waals surface area contributed by atoms with E-state index in [1.54, 1.807) is 25.5 Å². The molecule has 1 aromatic carbocycles. The summed E-state index contributed by atoms with van der Waals surface area (Å²) in [6.45, 7) is 10.9. The molecule has 4 rings (SSSR count). The number of anilines is 1. The zero-order valence-electron chi connectivity index (χ0n) is 48.1. The zero-order chi connectivity index (χ0) is 60.9. The second-order valence-electron chi connectivity index (χ2n) is 19.1. The Morgan fingerprint density at radius 2 is 1.12 bits per heavy atom. The van der Waals surface area contributed by atoms with Crippen LogP contribution < -0.4 is 4.90 Å². The number of carboxylic acids is 1. The Kier molecular flexibility index (Phi) is 34.6. The van der Waals surface area contributed by atoms with E-state index in [2.05, 4.69) is 0 Å². The van der Waals surface area contributed by atoms with Crippen LogP contribution in [0.2, 0.25) is 0 Å². The third-order valence-electron chi connectivity index (χ3n) is 12.9. The fourth-order valence-corrected chi connectivity index (χ4v) is 10.3. The highest BCUT2D eigenvalue weighted by Crippen LogP contribution is 2.51. The minimum atomic E-state index is -4.64. The lowest BCUT2D eigenvalue weighted by molar-refractivity contribution is -0.138. The number of benzene rings is 1. The molecule has 2 aliphatic heterocycles. The van der Waals surface area contributed by atoms with Crippen LogP contribution in [-0.4, -0.2) is 251 Å². The molecule has 0 spiro atoms. The summed E-state index contributed by atoms with van der Waals surface area (Å²) in [6, 6.07) is 4.25. The van der Waals surface area contributed by atoms with E-state index < -0.39 is 59.3 Å². The quantitative estimate of drug-likeness (QED) is 0.0534. The summed E-state index contributed by atoms with van der Waals surface area (Å²) < 4.78 is 173. The molecule has 4 N–H and O–H groups in total. The first-order chi connectivity index (χ1) is 40.3. The van der Waals surface area contributed by atoms with Gasteiger partial charge in [0.05, 0.1) is 181 Å². The topological polar surface area (TPSA) is 327 Å². The van der Waals surface area contributed by atoms with E-state index in [4.69, 9.17) is 66.7 Å². The first-order valence-electron chi connectivity index (χ1n) is 27.8. The van der Waals surface area contributed by atoms with Crippen LogP contribution in [0.1, 0.15) is 38.2 Å². The summed E-state index contributed by atoms with van der Waals surface area (Å²) in [6.07, 6.45) is 14.3. The number of carbonyl (C=O) groups is 1. The Bertz CT molecular complexity index is 2630. The van der Waals surface area contributed by atoms with Gasteiger partial charge in [0.15, 0.2) is 0 Å². The van der Waals surface area contributed by atoms with Crippen molar-refractivity contribution in [1.29, 1.82) is 0 Å². The van der Waals surface area contributed by atoms with Crippen molar-refractivity contribution in [1.82, 2.24) is 4.90 Å². The monoisotopic (exact) mass is 1250 g/mol. The number of carboxylic acid groups (broad SMARTS) is 1. The molecular formula is C55H86N2O24S3. The second-order valence-corrected chi connectivity index (χ2v) is 23.7. The van der Waals surface area contributed by atoms with E-state index in [1.165, 1.54) is 12.1 Å². The molecule has 0 amide bonds. The lowest BCUT2D eigenvalue weighted by atomic mass is 9.77. The minimum Gasteiger partial charge on any atom is -0.489 e. The molecule has 2 atom stereocenters. The summed E-state index contributed by atoms with van der Waals surface area (Å²) in [4.78, 5) is 14.1. The molecule has 26 nitrogen and oxygen atoms in total. The summed E-state index contributed by atoms with van der Waals surface area (Å²) in [5, 5.41) is 8.61. The van der Waals surface area contributed by atoms with Crippen molar-refractivity contribution in [3.05, 3.63) is 95.1 Å². The molecule has 84 heavy (non-hydrogen) atoms. The molecule has 0 bridgehead atoms. The van der Waals surface area contributed by atoms with Crippen molar-refractivity contribution < 1.29 is 110 Å². The van der Waals surface area contributed by atoms with E-state index in [9.17, 15) is 43.7 Å². The second kappa shape index (κ2) is 40.3. The van der Waals surface area contributed by atoms with Crippen molar-refractivity contribution in [2.45, 2.75) is 49.0 Å². The average molecular weight is 1260 g/mol. The highest BCUT2D eigenvalue weighted by atomic mass is 32.2. The maximum atomic E-state index is 12.4. The molecule has 0 fully saturated rings. The van der Waals surface area contributed by atoms with Crippen LogP contribution in [0, 0.1) is 0 Å². The van der Waals surface area contributed by atoms with Crippen molar-refractivity contribution in [3.8, 4) is 0 Å². The number of hydrogen-bond acceptors (Lipinski definition) is 22. The molecule has 0 saturated heterocycles. The van der Waals surface area contributed by atoms with E-state index in [1.807, 2.05) is 53.2 Å². The molecule has 0 saturated carbocycles. The van der Waals surface area contributed by atoms with Gasteiger partial charge in [-0.3, -0.25) is 18.5 Å². The van der Waals surface area contributed by atoms with Gasteiger partial charge in [0.2, 0.25) is 0 Å². The maximum Gasteiger partial charge on any atom is 0.305 e. The van der Waals surface area contributed by atoms with Gasteiger partial charge in [-0.2, -0.15) is 25.3 Å². The Balaban J connectivity index is 1.35. The van der Waals surface area contributed by atoms with Gasteiger partial charge in [0.1, 0.15) is 6.10 Å². The maximum absolute atomic E-state index is 12.4. The van der Waals surface area contributed by atoms with Crippen LogP contribution in [-0.2, 0) is 102 Å². The standard InChI is InChI=1S/C55H86N2O24S3/c1-55(14-4-42-82(60,61)62)50-45-48(84(66,67)68)9-11-51(50)57(17-21-72-26-29-76-34-37-80-41-40-78-35-32-74-27-24-70-18-13-54(58)59)53(55)7-3-6-46-12-19-81-52-44-47(8-10-49(46)52)56(15-5-43-83(63,64)65)16-20-71-25-28-75-33-36-79-39-38-77-31-30-73-23-22-69-2/h3,6-12,19,44-45,52H,4-5,13-18,20-43H2,1-2H3,(H,58,59)(H,60,61,62)(H,63,64,65)(H,66,67,68). The highest BCUT2D eigenvalue weighted by Gasteiger charge is 2.44. The SMILES string of the molecule is COCCOCCOCCOCCOCCOCCN(CCCS(=O)(=O)O)C1=CC2OC=CC(C=CC=C3N(CCOCCOCCOCCOCCOCCOCCC(=O)O)c4ccc(S(=O)(=O)O)cc4C3(C)CCCS(=O)(=O)O)=C2C=C1. The van der Waals surface area contributed by atoms with Gasteiger partial charge in [-0.1, -0.05) is 18.2 Å². The molecule has 1 aromatic rings. The molecule has 29 heteroatoms. The summed E-state index contributed by atoms with van der Waals surface area (Å²) in [5.74, 6) is -1.88. The van der Waals surface area contributed by atoms with Gasteiger partial charge in [-0.05, 0) is 79.8 Å². The number of rotatable bonds is 51. The largest absolute Gasteiger partial charge is 0.489 e. The Morgan fingerprint density at radius 1 is 0.631 bits per heavy atom. The lowest BCUT2D eigenvalue weighted by Crippen LogP contribution is -2.31. The van der Waals surface area contributed by atoms with Crippen LogP contribution in [0.4, 0.5) is 5.69 Å². The third-order valence-corrected chi connectivity index (χ3v) is 15.3. The van der Waals surface area contributed by atoms with Crippen LogP contribution in [0.5, 0.6) is 0 Å². The van der Waals surface area contributed by atoms with E-state index in [-0.39, 0.29) is 70.1 Å². The van der Waals surface area contributed by atoms with E-state index in [0.717, 1.165) is 16.8 Å². The van der Waals surface area contributed by atoms with Crippen LogP contribution in [0.3, 0.4) is 0 Å². The molecule has 1 aliphatic carbocycles. The number of methoxy groups -OCH3 is 1. The first-order valence-corrected chi connectivity index (χ1v) is 32.4. The Hall–Kier alpha value is -4.22. The molecule has 0 aromatic heterocycles. The van der Waals surface area contributed by atoms with Crippen molar-refractivity contribution in [3.63, 3.8) is 0 Å². The molecule has 478 valence electrons. The molecular weight excluding hydrogens is 1170 g/mol. The van der Waals surface area contributed by atoms with Gasteiger partial charge in [0, 0.05) is 54.8 Å². The summed E-state index contributed by atoms with van der Waals surface area (Å²) >= 11 is 0.